The first kappa shape index (κ1) is 15.9. The third kappa shape index (κ3) is 3.80. The van der Waals surface area contributed by atoms with Gasteiger partial charge in [-0.1, -0.05) is 23.9 Å². The fourth-order valence-corrected chi connectivity index (χ4v) is 2.68. The lowest BCUT2D eigenvalue weighted by Crippen LogP contribution is -2.38. The van der Waals surface area contributed by atoms with Crippen LogP contribution in [0.5, 0.6) is 0 Å². The number of rotatable bonds is 3. The Balaban J connectivity index is 2.07. The number of carbonyl (C=O) groups is 1. The van der Waals surface area contributed by atoms with E-state index in [0.29, 0.717) is 21.0 Å². The van der Waals surface area contributed by atoms with Crippen LogP contribution in [0.15, 0.2) is 33.9 Å². The summed E-state index contributed by atoms with van der Waals surface area (Å²) in [6.07, 6.45) is 1.88. The molecule has 0 bridgehead atoms. The van der Waals surface area contributed by atoms with Crippen molar-refractivity contribution in [3.05, 3.63) is 40.1 Å². The lowest BCUT2D eigenvalue weighted by Gasteiger charge is -2.12. The van der Waals surface area contributed by atoms with E-state index in [2.05, 4.69) is 36.9 Å². The molecule has 2 aromatic rings. The quantitative estimate of drug-likeness (QED) is 0.623. The number of thiocarbonyl (C=S) groups is 1. The van der Waals surface area contributed by atoms with Gasteiger partial charge in [0.15, 0.2) is 5.11 Å². The molecule has 1 aromatic carbocycles. The van der Waals surface area contributed by atoms with Gasteiger partial charge in [-0.05, 0) is 53.5 Å². The van der Waals surface area contributed by atoms with Gasteiger partial charge in [0.25, 0.3) is 5.91 Å². The lowest BCUT2D eigenvalue weighted by molar-refractivity contribution is 0.0976. The number of benzene rings is 1. The highest BCUT2D eigenvalue weighted by Gasteiger charge is 2.13. The van der Waals surface area contributed by atoms with Crippen molar-refractivity contribution < 1.29 is 4.79 Å². The van der Waals surface area contributed by atoms with E-state index in [1.54, 1.807) is 29.8 Å². The van der Waals surface area contributed by atoms with Crippen LogP contribution in [-0.4, -0.2) is 32.1 Å². The Kier molecular flexibility index (Phi) is 5.32. The van der Waals surface area contributed by atoms with Gasteiger partial charge in [0, 0.05) is 4.47 Å². The van der Waals surface area contributed by atoms with Crippen molar-refractivity contribution >= 4 is 50.9 Å². The van der Waals surface area contributed by atoms with Crippen LogP contribution in [0.25, 0.3) is 0 Å². The van der Waals surface area contributed by atoms with Crippen LogP contribution in [0.2, 0.25) is 0 Å². The minimum atomic E-state index is -0.295. The van der Waals surface area contributed by atoms with Crippen LogP contribution in [0.3, 0.4) is 0 Å². The molecule has 0 radical (unpaired) electrons. The third-order valence-electron chi connectivity index (χ3n) is 2.54. The Hall–Kier alpha value is -1.45. The molecule has 0 saturated heterocycles. The van der Waals surface area contributed by atoms with Crippen LogP contribution in [0, 0.1) is 6.92 Å². The Morgan fingerprint density at radius 2 is 2.10 bits per heavy atom. The highest BCUT2D eigenvalue weighted by Crippen LogP contribution is 2.15. The first-order valence-corrected chi connectivity index (χ1v) is 8.28. The molecule has 0 aliphatic rings. The van der Waals surface area contributed by atoms with Crippen molar-refractivity contribution in [2.75, 3.05) is 11.7 Å². The molecule has 0 fully saturated rings. The van der Waals surface area contributed by atoms with E-state index in [9.17, 15) is 4.79 Å². The zero-order valence-electron chi connectivity index (χ0n) is 11.3. The van der Waals surface area contributed by atoms with Crippen LogP contribution in [0.4, 0.5) is 0 Å². The summed E-state index contributed by atoms with van der Waals surface area (Å²) in [7, 11) is 0. The zero-order chi connectivity index (χ0) is 15.4. The summed E-state index contributed by atoms with van der Waals surface area (Å²) in [5.74, 6) is 0.355. The number of nitrogens with one attached hydrogen (secondary N) is 2. The van der Waals surface area contributed by atoms with E-state index < -0.39 is 0 Å². The number of thioether (sulfide) groups is 1. The molecule has 6 nitrogen and oxygen atoms in total. The molecule has 0 spiro atoms. The monoisotopic (exact) mass is 385 g/mol. The van der Waals surface area contributed by atoms with Gasteiger partial charge in [-0.2, -0.15) is 0 Å². The minimum absolute atomic E-state index is 0.175. The van der Waals surface area contributed by atoms with Crippen molar-refractivity contribution in [3.8, 4) is 0 Å². The average Bonchev–Trinajstić information content (AvgIpc) is 2.80. The molecule has 1 amide bonds. The summed E-state index contributed by atoms with van der Waals surface area (Å²) in [5, 5.41) is 11.4. The van der Waals surface area contributed by atoms with Crippen molar-refractivity contribution in [3.63, 3.8) is 0 Å². The normalized spacial score (nSPS) is 10.2. The number of amides is 1. The highest BCUT2D eigenvalue weighted by molar-refractivity contribution is 9.10. The standard InChI is InChI=1S/C12H12BrN5OS2/c1-7-15-16-12(21-2)18(7)17-11(20)14-10(19)8-5-3-4-6-9(8)13/h3-6H,1-2H3,(H2,14,17,19,20). The topological polar surface area (TPSA) is 71.8 Å². The van der Waals surface area contributed by atoms with Crippen molar-refractivity contribution in [1.82, 2.24) is 20.2 Å². The van der Waals surface area contributed by atoms with Crippen molar-refractivity contribution in [2.45, 2.75) is 12.1 Å². The fraction of sp³-hybridized carbons (Fsp3) is 0.167. The van der Waals surface area contributed by atoms with E-state index in [4.69, 9.17) is 12.2 Å². The molecule has 0 aliphatic carbocycles. The molecule has 0 aliphatic heterocycles. The molecular formula is C12H12BrN5OS2. The van der Waals surface area contributed by atoms with Crippen LogP contribution >= 0.6 is 39.9 Å². The molecule has 1 aromatic heterocycles. The number of nitrogens with zero attached hydrogens (tertiary/aromatic N) is 3. The number of halogens is 1. The van der Waals surface area contributed by atoms with Crippen LogP contribution in [-0.2, 0) is 0 Å². The summed E-state index contributed by atoms with van der Waals surface area (Å²) in [6.45, 7) is 1.79. The van der Waals surface area contributed by atoms with Gasteiger partial charge in [0.2, 0.25) is 5.16 Å². The molecule has 2 N–H and O–H groups in total. The predicted octanol–water partition coefficient (Wildman–Crippen LogP) is 2.33. The van der Waals surface area contributed by atoms with Crippen molar-refractivity contribution in [2.24, 2.45) is 0 Å². The average molecular weight is 386 g/mol. The summed E-state index contributed by atoms with van der Waals surface area (Å²) in [5.41, 5.74) is 3.39. The third-order valence-corrected chi connectivity index (χ3v) is 4.05. The highest BCUT2D eigenvalue weighted by atomic mass is 79.9. The van der Waals surface area contributed by atoms with Gasteiger partial charge in [-0.25, -0.2) is 4.68 Å². The first-order chi connectivity index (χ1) is 10.0. The largest absolute Gasteiger partial charge is 0.298 e. The summed E-state index contributed by atoms with van der Waals surface area (Å²) >= 11 is 9.90. The SMILES string of the molecule is CSc1nnc(C)n1NC(=S)NC(=O)c1ccccc1Br. The van der Waals surface area contributed by atoms with E-state index in [0.717, 1.165) is 0 Å². The molecule has 21 heavy (non-hydrogen) atoms. The second kappa shape index (κ2) is 7.01. The maximum absolute atomic E-state index is 12.1. The lowest BCUT2D eigenvalue weighted by atomic mass is 10.2. The molecule has 1 heterocycles. The second-order valence-corrected chi connectivity index (χ2v) is 5.98. The Bertz CT molecular complexity index is 688. The maximum Gasteiger partial charge on any atom is 0.258 e. The van der Waals surface area contributed by atoms with Crippen molar-refractivity contribution in [1.29, 1.82) is 0 Å². The summed E-state index contributed by atoms with van der Waals surface area (Å²) in [6, 6.07) is 7.12. The Morgan fingerprint density at radius 3 is 2.76 bits per heavy atom. The van der Waals surface area contributed by atoms with Gasteiger partial charge >= 0.3 is 0 Å². The van der Waals surface area contributed by atoms with Crippen LogP contribution < -0.4 is 10.7 Å². The summed E-state index contributed by atoms with van der Waals surface area (Å²) in [4.78, 5) is 12.1. The van der Waals surface area contributed by atoms with Gasteiger partial charge < -0.3 is 0 Å². The number of hydrogen-bond acceptors (Lipinski definition) is 5. The second-order valence-electron chi connectivity index (χ2n) is 3.94. The molecule has 0 saturated carbocycles. The fourth-order valence-electron chi connectivity index (χ4n) is 1.55. The molecule has 2 rings (SSSR count). The van der Waals surface area contributed by atoms with Crippen LogP contribution in [0.1, 0.15) is 16.2 Å². The van der Waals surface area contributed by atoms with Gasteiger partial charge in [-0.3, -0.25) is 15.5 Å². The van der Waals surface area contributed by atoms with Gasteiger partial charge in [-0.15, -0.1) is 10.2 Å². The summed E-state index contributed by atoms with van der Waals surface area (Å²) < 4.78 is 2.32. The van der Waals surface area contributed by atoms with E-state index in [-0.39, 0.29) is 11.0 Å². The number of aryl methyl sites for hydroxylation is 1. The minimum Gasteiger partial charge on any atom is -0.298 e. The van der Waals surface area contributed by atoms with Gasteiger partial charge in [0.05, 0.1) is 5.56 Å². The first-order valence-electron chi connectivity index (χ1n) is 5.85. The van der Waals surface area contributed by atoms with Gasteiger partial charge in [0.1, 0.15) is 5.82 Å². The zero-order valence-corrected chi connectivity index (χ0v) is 14.5. The van der Waals surface area contributed by atoms with E-state index >= 15 is 0 Å². The van der Waals surface area contributed by atoms with E-state index in [1.165, 1.54) is 11.8 Å². The predicted molar refractivity (Wildman–Crippen MR) is 90.1 cm³/mol. The maximum atomic E-state index is 12.1. The molecule has 110 valence electrons. The smallest absolute Gasteiger partial charge is 0.258 e. The number of carbonyl (C=O) groups excluding carboxylic acids is 1. The molecule has 0 atom stereocenters. The molecular weight excluding hydrogens is 374 g/mol. The Morgan fingerprint density at radius 1 is 1.38 bits per heavy atom. The molecule has 9 heteroatoms. The number of hydrogen-bond donors (Lipinski definition) is 2. The Labute approximate surface area is 139 Å². The van der Waals surface area contributed by atoms with E-state index in [1.807, 2.05) is 12.3 Å². The number of aromatic nitrogens is 3. The molecule has 0 unspecified atom stereocenters.